The van der Waals surface area contributed by atoms with Crippen molar-refractivity contribution in [1.82, 2.24) is 0 Å². The third kappa shape index (κ3) is 12.3. The smallest absolute Gasteiger partial charge is 0.335 e. The number of allylic oxidation sites excluding steroid dienone is 3. The van der Waals surface area contributed by atoms with E-state index in [9.17, 15) is 4.57 Å². The lowest BCUT2D eigenvalue weighted by Gasteiger charge is -2.43. The molecule has 0 aliphatic heterocycles. The molecule has 3 rings (SSSR count). The Morgan fingerprint density at radius 3 is 1.73 bits per heavy atom. The van der Waals surface area contributed by atoms with Crippen molar-refractivity contribution in [2.24, 2.45) is 0 Å². The van der Waals surface area contributed by atoms with E-state index in [2.05, 4.69) is 107 Å². The molecule has 0 spiro atoms. The number of rotatable bonds is 22. The van der Waals surface area contributed by atoms with Crippen LogP contribution in [-0.4, -0.2) is 55.9 Å². The molecule has 0 saturated carbocycles. The lowest BCUT2D eigenvalue weighted by Crippen LogP contribution is -2.66. The molecule has 3 aromatic carbocycles. The van der Waals surface area contributed by atoms with Crippen molar-refractivity contribution < 1.29 is 37.0 Å². The number of hydrogen-bond donors (Lipinski definition) is 0. The third-order valence-electron chi connectivity index (χ3n) is 8.54. The van der Waals surface area contributed by atoms with Crippen LogP contribution in [0, 0.1) is 0 Å². The van der Waals surface area contributed by atoms with Crippen molar-refractivity contribution >= 4 is 26.3 Å². The summed E-state index contributed by atoms with van der Waals surface area (Å²) in [6.45, 7) is 16.0. The van der Waals surface area contributed by atoms with Crippen LogP contribution in [0.1, 0.15) is 72.4 Å². The molecule has 10 heteroatoms. The zero-order valence-corrected chi connectivity index (χ0v) is 34.1. The first-order chi connectivity index (χ1) is 24.4. The minimum absolute atomic E-state index is 0.0531. The van der Waals surface area contributed by atoms with E-state index in [-0.39, 0.29) is 38.0 Å². The molecule has 3 aromatic rings. The Balaban J connectivity index is 1.79. The van der Waals surface area contributed by atoms with Gasteiger partial charge in [-0.1, -0.05) is 105 Å². The maximum atomic E-state index is 13.3. The minimum atomic E-state index is -3.35. The zero-order valence-electron chi connectivity index (χ0n) is 32.2. The van der Waals surface area contributed by atoms with Crippen molar-refractivity contribution in [2.45, 2.75) is 78.9 Å². The fourth-order valence-electron chi connectivity index (χ4n) is 6.18. The maximum absolute atomic E-state index is 13.3. The van der Waals surface area contributed by atoms with Crippen molar-refractivity contribution in [3.05, 3.63) is 107 Å². The first-order valence-corrected chi connectivity index (χ1v) is 21.4. The first-order valence-electron chi connectivity index (χ1n) is 17.8. The van der Waals surface area contributed by atoms with Crippen LogP contribution in [0.15, 0.2) is 96.1 Å². The summed E-state index contributed by atoms with van der Waals surface area (Å²) in [5.74, 6) is 1.17. The molecular formula is C41H59O8PSi. The van der Waals surface area contributed by atoms with E-state index >= 15 is 0 Å². The molecule has 0 radical (unpaired) electrons. The van der Waals surface area contributed by atoms with Crippen molar-refractivity contribution in [3.63, 3.8) is 0 Å². The molecule has 51 heavy (non-hydrogen) atoms. The number of methoxy groups -OCH3 is 2. The second-order valence-corrected chi connectivity index (χ2v) is 19.9. The SMILES string of the molecule is CCOP(=O)(Cc1cc(OCOC)c(CC=C(C)CCC=C(C)CO[Si](c2ccccc2)(c2ccccc2)C(C)(C)C)c(OCOC)c1)OCC. The molecule has 0 unspecified atom stereocenters. The van der Waals surface area contributed by atoms with Crippen LogP contribution in [0.2, 0.25) is 5.04 Å². The monoisotopic (exact) mass is 738 g/mol. The molecule has 8 nitrogen and oxygen atoms in total. The second-order valence-electron chi connectivity index (χ2n) is 13.6. The van der Waals surface area contributed by atoms with Gasteiger partial charge in [-0.05, 0) is 80.1 Å². The molecule has 0 saturated heterocycles. The summed E-state index contributed by atoms with van der Waals surface area (Å²) in [7, 11) is -2.81. The third-order valence-corrected chi connectivity index (χ3v) is 15.6. The van der Waals surface area contributed by atoms with E-state index < -0.39 is 15.9 Å². The molecule has 0 fully saturated rings. The van der Waals surface area contributed by atoms with Crippen LogP contribution >= 0.6 is 7.60 Å². The Morgan fingerprint density at radius 1 is 0.765 bits per heavy atom. The molecule has 0 bridgehead atoms. The Labute approximate surface area is 307 Å². The van der Waals surface area contributed by atoms with Gasteiger partial charge in [-0.25, -0.2) is 0 Å². The standard InChI is InChI=1S/C41H59O8PSi/c1-10-47-50(42,48-11-2)30-35-27-39(45-31-43-8)38(40(28-35)46-32-44-9)26-25-33(3)19-18-20-34(4)29-49-51(41(5,6)7,36-21-14-12-15-22-36)37-23-16-13-17-24-37/h12-17,20-25,27-28H,10-11,18-19,26,29-32H2,1-9H3. The van der Waals surface area contributed by atoms with E-state index in [0.29, 0.717) is 30.1 Å². The lowest BCUT2D eigenvalue weighted by molar-refractivity contribution is 0.0447. The molecule has 280 valence electrons. The van der Waals surface area contributed by atoms with Gasteiger partial charge in [0.25, 0.3) is 8.32 Å². The largest absolute Gasteiger partial charge is 0.467 e. The van der Waals surface area contributed by atoms with Gasteiger partial charge < -0.3 is 32.4 Å². The first kappa shape index (κ1) is 42.4. The van der Waals surface area contributed by atoms with Crippen LogP contribution in [0.4, 0.5) is 0 Å². The molecule has 0 amide bonds. The molecule has 0 aromatic heterocycles. The summed E-state index contributed by atoms with van der Waals surface area (Å²) < 4.78 is 54.0. The molecule has 0 N–H and O–H groups in total. The van der Waals surface area contributed by atoms with Gasteiger partial charge in [0.05, 0.1) is 26.0 Å². The summed E-state index contributed by atoms with van der Waals surface area (Å²) in [6, 6.07) is 25.2. The Kier molecular flexibility index (Phi) is 17.4. The average molecular weight is 739 g/mol. The van der Waals surface area contributed by atoms with E-state index in [1.165, 1.54) is 21.5 Å². The molecule has 0 heterocycles. The number of benzene rings is 3. The molecule has 0 atom stereocenters. The Morgan fingerprint density at radius 2 is 1.27 bits per heavy atom. The zero-order chi connectivity index (χ0) is 37.3. The molecule has 0 aliphatic carbocycles. The van der Waals surface area contributed by atoms with Crippen molar-refractivity contribution in [3.8, 4) is 11.5 Å². The van der Waals surface area contributed by atoms with Crippen molar-refractivity contribution in [2.75, 3.05) is 47.6 Å². The van der Waals surface area contributed by atoms with E-state index in [1.807, 2.05) is 12.1 Å². The summed E-state index contributed by atoms with van der Waals surface area (Å²) in [4.78, 5) is 0. The maximum Gasteiger partial charge on any atom is 0.335 e. The highest BCUT2D eigenvalue weighted by Gasteiger charge is 2.50. The Bertz CT molecular complexity index is 1510. The van der Waals surface area contributed by atoms with Crippen molar-refractivity contribution in [1.29, 1.82) is 0 Å². The van der Waals surface area contributed by atoms with E-state index in [4.69, 9.17) is 32.4 Å². The second kappa shape index (κ2) is 20.9. The van der Waals surface area contributed by atoms with Crippen LogP contribution < -0.4 is 19.8 Å². The topological polar surface area (TPSA) is 81.7 Å². The van der Waals surface area contributed by atoms with Gasteiger partial charge in [0.1, 0.15) is 11.5 Å². The average Bonchev–Trinajstić information content (AvgIpc) is 3.10. The lowest BCUT2D eigenvalue weighted by atomic mass is 10.0. The van der Waals surface area contributed by atoms with Crippen LogP contribution in [0.5, 0.6) is 11.5 Å². The Hall–Kier alpha value is -3.01. The minimum Gasteiger partial charge on any atom is -0.467 e. The molecular weight excluding hydrogens is 680 g/mol. The predicted octanol–water partition coefficient (Wildman–Crippen LogP) is 9.21. The van der Waals surface area contributed by atoms with E-state index in [0.717, 1.165) is 18.4 Å². The summed E-state index contributed by atoms with van der Waals surface area (Å²) in [5.41, 5.74) is 4.01. The summed E-state index contributed by atoms with van der Waals surface area (Å²) in [6.07, 6.45) is 6.92. The fraction of sp³-hybridized carbons (Fsp3) is 0.463. The van der Waals surface area contributed by atoms with Gasteiger partial charge in [0.15, 0.2) is 13.6 Å². The highest BCUT2D eigenvalue weighted by molar-refractivity contribution is 7.53. The van der Waals surface area contributed by atoms with Gasteiger partial charge in [0.2, 0.25) is 0 Å². The fourth-order valence-corrected chi connectivity index (χ4v) is 12.5. The van der Waals surface area contributed by atoms with E-state index in [1.54, 1.807) is 28.1 Å². The highest BCUT2D eigenvalue weighted by Crippen LogP contribution is 2.52. The van der Waals surface area contributed by atoms with Crippen LogP contribution in [0.25, 0.3) is 0 Å². The molecule has 0 aliphatic rings. The van der Waals surface area contributed by atoms with Gasteiger partial charge >= 0.3 is 7.60 Å². The quantitative estimate of drug-likeness (QED) is 0.0437. The predicted molar refractivity (Wildman–Crippen MR) is 210 cm³/mol. The van der Waals surface area contributed by atoms with Gasteiger partial charge in [-0.2, -0.15) is 0 Å². The summed E-state index contributed by atoms with van der Waals surface area (Å²) in [5, 5.41) is 2.49. The highest BCUT2D eigenvalue weighted by atomic mass is 31.2. The van der Waals surface area contributed by atoms with Gasteiger partial charge in [0, 0.05) is 19.8 Å². The van der Waals surface area contributed by atoms with Gasteiger partial charge in [-0.3, -0.25) is 4.57 Å². The normalized spacial score (nSPS) is 13.0. The number of hydrogen-bond acceptors (Lipinski definition) is 8. The van der Waals surface area contributed by atoms with Crippen LogP contribution in [0.3, 0.4) is 0 Å². The number of ether oxygens (including phenoxy) is 4. The van der Waals surface area contributed by atoms with Crippen LogP contribution in [-0.2, 0) is 40.1 Å². The van der Waals surface area contributed by atoms with Gasteiger partial charge in [-0.15, -0.1) is 0 Å². The summed E-state index contributed by atoms with van der Waals surface area (Å²) >= 11 is 0.